The molecule has 10 heavy (non-hydrogen) atoms. The molecule has 0 fully saturated rings. The molecule has 2 nitrogen and oxygen atoms in total. The lowest BCUT2D eigenvalue weighted by atomic mass is 10.3. The Balaban J connectivity index is 2.69. The molecule has 0 amide bonds. The van der Waals surface area contributed by atoms with E-state index in [9.17, 15) is 0 Å². The van der Waals surface area contributed by atoms with E-state index in [4.69, 9.17) is 10.5 Å². The quantitative estimate of drug-likeness (QED) is 0.608. The van der Waals surface area contributed by atoms with Gasteiger partial charge in [0.05, 0.1) is 12.3 Å². The van der Waals surface area contributed by atoms with Crippen molar-refractivity contribution in [1.82, 2.24) is 5.73 Å². The first kappa shape index (κ1) is 6.93. The molecule has 2 heteroatoms. The van der Waals surface area contributed by atoms with E-state index in [1.807, 2.05) is 6.92 Å². The number of benzene rings is 1. The van der Waals surface area contributed by atoms with Gasteiger partial charge in [0.15, 0.2) is 0 Å². The molecule has 0 aliphatic heterocycles. The zero-order valence-corrected chi connectivity index (χ0v) is 5.87. The minimum Gasteiger partial charge on any atom is -0.494 e. The van der Waals surface area contributed by atoms with Gasteiger partial charge >= 0.3 is 0 Å². The van der Waals surface area contributed by atoms with Crippen molar-refractivity contribution in [3.05, 3.63) is 24.3 Å². The number of nitrogens with zero attached hydrogens (tertiary/aromatic N) is 1. The van der Waals surface area contributed by atoms with Crippen LogP contribution >= 0.6 is 0 Å². The Morgan fingerprint density at radius 2 is 1.90 bits per heavy atom. The van der Waals surface area contributed by atoms with Gasteiger partial charge in [-0.2, -0.15) is 5.73 Å². The molecule has 0 heterocycles. The van der Waals surface area contributed by atoms with Gasteiger partial charge in [-0.05, 0) is 31.2 Å². The largest absolute Gasteiger partial charge is 0.494 e. The van der Waals surface area contributed by atoms with Crippen molar-refractivity contribution < 1.29 is 4.74 Å². The summed E-state index contributed by atoms with van der Waals surface area (Å²) >= 11 is 0. The highest BCUT2D eigenvalue weighted by molar-refractivity contribution is 5.38. The normalized spacial score (nSPS) is 9.30. The lowest BCUT2D eigenvalue weighted by molar-refractivity contribution is 0.340. The van der Waals surface area contributed by atoms with E-state index in [0.29, 0.717) is 6.61 Å². The first-order valence-electron chi connectivity index (χ1n) is 3.24. The Labute approximate surface area is 60.6 Å². The van der Waals surface area contributed by atoms with Gasteiger partial charge in [0.2, 0.25) is 0 Å². The molecule has 0 saturated carbocycles. The number of hydrogen-bond acceptors (Lipinski definition) is 1. The maximum atomic E-state index is 8.87. The van der Waals surface area contributed by atoms with Crippen molar-refractivity contribution >= 4 is 5.69 Å². The van der Waals surface area contributed by atoms with Gasteiger partial charge in [-0.3, -0.25) is 0 Å². The number of ether oxygens (including phenoxy) is 1. The van der Waals surface area contributed by atoms with Crippen LogP contribution in [0.5, 0.6) is 5.75 Å². The summed E-state index contributed by atoms with van der Waals surface area (Å²) in [7, 11) is 0. The van der Waals surface area contributed by atoms with Crippen LogP contribution in [0.3, 0.4) is 0 Å². The highest BCUT2D eigenvalue weighted by atomic mass is 16.5. The van der Waals surface area contributed by atoms with Crippen LogP contribution in [0.2, 0.25) is 0 Å². The first-order valence-corrected chi connectivity index (χ1v) is 3.24. The van der Waals surface area contributed by atoms with Crippen molar-refractivity contribution in [3.63, 3.8) is 0 Å². The summed E-state index contributed by atoms with van der Waals surface area (Å²) in [4.78, 5) is 0. The average Bonchev–Trinajstić information content (AvgIpc) is 1.95. The molecule has 0 aliphatic carbocycles. The highest BCUT2D eigenvalue weighted by Crippen LogP contribution is 2.13. The molecule has 0 aliphatic rings. The molecule has 1 aromatic carbocycles. The number of rotatable bonds is 2. The maximum absolute atomic E-state index is 8.87. The summed E-state index contributed by atoms with van der Waals surface area (Å²) in [5, 5.41) is 0. The highest BCUT2D eigenvalue weighted by Gasteiger charge is 1.89. The Hall–Kier alpha value is -1.18. The molecule has 52 valence electrons. The number of hydrogen-bond donors (Lipinski definition) is 0. The van der Waals surface area contributed by atoms with E-state index in [1.165, 1.54) is 0 Å². The van der Waals surface area contributed by atoms with Crippen molar-refractivity contribution in [1.29, 1.82) is 0 Å². The molecular weight excluding hydrogens is 126 g/mol. The molecule has 0 N–H and O–H groups in total. The second kappa shape index (κ2) is 3.11. The Kier molecular flexibility index (Phi) is 2.15. The fourth-order valence-corrected chi connectivity index (χ4v) is 0.709. The maximum Gasteiger partial charge on any atom is 0.119 e. The van der Waals surface area contributed by atoms with Gasteiger partial charge in [-0.25, -0.2) is 0 Å². The molecule has 0 saturated heterocycles. The lowest BCUT2D eigenvalue weighted by Crippen LogP contribution is -1.89. The standard InChI is InChI=1S/C8H9NO/c1-2-10-8-5-3-7(9)4-6-8/h3-6H,2H2,1H3. The van der Waals surface area contributed by atoms with Gasteiger partial charge < -0.3 is 4.74 Å². The molecule has 0 spiro atoms. The van der Waals surface area contributed by atoms with Crippen LogP contribution in [0.1, 0.15) is 6.92 Å². The first-order chi connectivity index (χ1) is 4.83. The fraction of sp³-hybridized carbons (Fsp3) is 0.250. The zero-order chi connectivity index (χ0) is 7.40. The summed E-state index contributed by atoms with van der Waals surface area (Å²) in [6.45, 7) is 2.58. The molecule has 0 bridgehead atoms. The minimum absolute atomic E-state index is 0.267. The predicted octanol–water partition coefficient (Wildman–Crippen LogP) is 1.79. The Bertz CT molecular complexity index is 193. The SMILES string of the molecule is CCOc1ccc([N])cc1. The summed E-state index contributed by atoms with van der Waals surface area (Å²) in [6.07, 6.45) is 0. The van der Waals surface area contributed by atoms with E-state index < -0.39 is 0 Å². The fourth-order valence-electron chi connectivity index (χ4n) is 0.709. The van der Waals surface area contributed by atoms with Crippen LogP contribution in [0.4, 0.5) is 5.69 Å². The van der Waals surface area contributed by atoms with Crippen molar-refractivity contribution in [3.8, 4) is 5.75 Å². The Morgan fingerprint density at radius 1 is 1.30 bits per heavy atom. The molecule has 0 unspecified atom stereocenters. The van der Waals surface area contributed by atoms with Crippen LogP contribution in [0, 0.1) is 0 Å². The minimum atomic E-state index is 0.267. The second-order valence-electron chi connectivity index (χ2n) is 1.93. The second-order valence-corrected chi connectivity index (χ2v) is 1.93. The van der Waals surface area contributed by atoms with Crippen LogP contribution in [0.25, 0.3) is 0 Å². The van der Waals surface area contributed by atoms with Gasteiger partial charge in [0.1, 0.15) is 5.75 Å². The monoisotopic (exact) mass is 135 g/mol. The Morgan fingerprint density at radius 3 is 2.40 bits per heavy atom. The van der Waals surface area contributed by atoms with E-state index in [2.05, 4.69) is 0 Å². The van der Waals surface area contributed by atoms with Gasteiger partial charge in [0, 0.05) is 0 Å². The van der Waals surface area contributed by atoms with Crippen LogP contribution in [-0.2, 0) is 0 Å². The summed E-state index contributed by atoms with van der Waals surface area (Å²) in [6, 6.07) is 6.67. The molecule has 2 radical (unpaired) electrons. The van der Waals surface area contributed by atoms with Gasteiger partial charge in [-0.15, -0.1) is 0 Å². The summed E-state index contributed by atoms with van der Waals surface area (Å²) in [5.41, 5.74) is 9.14. The summed E-state index contributed by atoms with van der Waals surface area (Å²) < 4.78 is 5.15. The molecular formula is C8H9NO. The third-order valence-electron chi connectivity index (χ3n) is 1.15. The molecule has 1 rings (SSSR count). The third kappa shape index (κ3) is 1.65. The van der Waals surface area contributed by atoms with E-state index in [1.54, 1.807) is 24.3 Å². The smallest absolute Gasteiger partial charge is 0.119 e. The third-order valence-corrected chi connectivity index (χ3v) is 1.15. The van der Waals surface area contributed by atoms with E-state index in [-0.39, 0.29) is 5.69 Å². The van der Waals surface area contributed by atoms with Crippen molar-refractivity contribution in [2.24, 2.45) is 0 Å². The molecule has 0 aromatic heterocycles. The van der Waals surface area contributed by atoms with Crippen molar-refractivity contribution in [2.45, 2.75) is 6.92 Å². The van der Waals surface area contributed by atoms with Crippen LogP contribution < -0.4 is 10.5 Å². The zero-order valence-electron chi connectivity index (χ0n) is 5.87. The predicted molar refractivity (Wildman–Crippen MR) is 39.4 cm³/mol. The van der Waals surface area contributed by atoms with Crippen LogP contribution in [-0.4, -0.2) is 6.61 Å². The molecule has 1 aromatic rings. The van der Waals surface area contributed by atoms with E-state index >= 15 is 0 Å². The van der Waals surface area contributed by atoms with Gasteiger partial charge in [-0.1, -0.05) is 0 Å². The van der Waals surface area contributed by atoms with Crippen LogP contribution in [0.15, 0.2) is 24.3 Å². The average molecular weight is 135 g/mol. The molecule has 0 atom stereocenters. The van der Waals surface area contributed by atoms with Gasteiger partial charge in [0.25, 0.3) is 0 Å². The van der Waals surface area contributed by atoms with E-state index in [0.717, 1.165) is 5.75 Å². The topological polar surface area (TPSA) is 31.5 Å². The van der Waals surface area contributed by atoms with Crippen molar-refractivity contribution in [2.75, 3.05) is 6.61 Å². The summed E-state index contributed by atoms with van der Waals surface area (Å²) in [5.74, 6) is 0.792. The lowest BCUT2D eigenvalue weighted by Gasteiger charge is -2.00.